The highest BCUT2D eigenvalue weighted by Gasteiger charge is 2.12. The molecule has 32 heavy (non-hydrogen) atoms. The molecule has 1 aromatic heterocycles. The minimum atomic E-state index is -2.17. The predicted octanol–water partition coefficient (Wildman–Crippen LogP) is 4.51. The van der Waals surface area contributed by atoms with Crippen LogP contribution in [0.15, 0.2) is 65.1 Å². The summed E-state index contributed by atoms with van der Waals surface area (Å²) in [7, 11) is 0. The Morgan fingerprint density at radius 2 is 1.97 bits per heavy atom. The van der Waals surface area contributed by atoms with E-state index >= 15 is 0 Å². The van der Waals surface area contributed by atoms with Crippen LogP contribution < -0.4 is 16.0 Å². The number of rotatable bonds is 3. The van der Waals surface area contributed by atoms with E-state index in [1.807, 2.05) is 13.8 Å². The monoisotopic (exact) mass is 461 g/mol. The molecular weight excluding hydrogens is 440 g/mol. The van der Waals surface area contributed by atoms with E-state index < -0.39 is 28.5 Å². The molecule has 3 rings (SSSR count). The fourth-order valence-electron chi connectivity index (χ4n) is 2.01. The number of pyridine rings is 1. The summed E-state index contributed by atoms with van der Waals surface area (Å²) in [4.78, 5) is 7.50. The second kappa shape index (κ2) is 13.6. The number of nitrogens with zero attached hydrogens (tertiary/aromatic N) is 3. The number of nitrogens with two attached hydrogens (primary N) is 1. The number of hydrogen-bond acceptors (Lipinski definition) is 7. The molecule has 0 aliphatic carbocycles. The van der Waals surface area contributed by atoms with Crippen molar-refractivity contribution in [1.82, 2.24) is 4.98 Å². The van der Waals surface area contributed by atoms with Crippen molar-refractivity contribution in [2.75, 3.05) is 5.43 Å². The third-order valence-corrected chi connectivity index (χ3v) is 4.00. The molecular formula is C21H21F2N5O3S. The molecule has 0 fully saturated rings. The van der Waals surface area contributed by atoms with Crippen LogP contribution in [0, 0.1) is 29.9 Å². The number of hydrazine groups is 1. The summed E-state index contributed by atoms with van der Waals surface area (Å²) in [5.41, 5.74) is 6.47. The molecule has 1 aliphatic rings. The fourth-order valence-corrected chi connectivity index (χ4v) is 2.35. The van der Waals surface area contributed by atoms with Gasteiger partial charge in [0.2, 0.25) is 22.7 Å². The van der Waals surface area contributed by atoms with Gasteiger partial charge in [0.25, 0.3) is 0 Å². The molecule has 168 valence electrons. The zero-order chi connectivity index (χ0) is 24.1. The van der Waals surface area contributed by atoms with E-state index in [0.29, 0.717) is 5.69 Å². The first-order valence-electron chi connectivity index (χ1n) is 9.13. The normalized spacial score (nSPS) is 12.4. The van der Waals surface area contributed by atoms with Crippen molar-refractivity contribution >= 4 is 21.8 Å². The number of hydrogen-bond donors (Lipinski definition) is 3. The molecule has 0 saturated heterocycles. The molecule has 0 saturated carbocycles. The van der Waals surface area contributed by atoms with Crippen molar-refractivity contribution in [3.05, 3.63) is 77.3 Å². The van der Waals surface area contributed by atoms with Gasteiger partial charge < -0.3 is 14.7 Å². The van der Waals surface area contributed by atoms with Gasteiger partial charge in [-0.25, -0.2) is 23.0 Å². The standard InChI is InChI=1S/C12H11F2N3O.C7H4N2O2S.C2H6/c1-7-5-11(16-6-10(7)17-15)18-12-8(13)3-2-4-9(12)14;8-5-6-3-1-2-4-7(9-6)12(10)11;1-2/h2-6,17H,15H2,1H3;1,3-4H,(H,10,11);1-2H3. The first kappa shape index (κ1) is 26.4. The largest absolute Gasteiger partial charge is 0.433 e. The van der Waals surface area contributed by atoms with E-state index in [0.717, 1.165) is 17.7 Å². The zero-order valence-electron chi connectivity index (χ0n) is 17.5. The van der Waals surface area contributed by atoms with E-state index in [4.69, 9.17) is 20.4 Å². The molecule has 0 amide bonds. The van der Waals surface area contributed by atoms with Crippen molar-refractivity contribution in [3.63, 3.8) is 0 Å². The number of nitrogen functional groups attached to an aromatic ring is 1. The zero-order valence-corrected chi connectivity index (χ0v) is 18.3. The van der Waals surface area contributed by atoms with Gasteiger partial charge in [-0.05, 0) is 36.8 Å². The first-order chi connectivity index (χ1) is 15.3. The summed E-state index contributed by atoms with van der Waals surface area (Å²) in [5, 5.41) is 8.38. The highest BCUT2D eigenvalue weighted by molar-refractivity contribution is 7.96. The van der Waals surface area contributed by atoms with Crippen molar-refractivity contribution < 1.29 is 22.3 Å². The molecule has 1 aromatic carbocycles. The summed E-state index contributed by atoms with van der Waals surface area (Å²) >= 11 is -2.17. The Hall–Kier alpha value is -3.68. The van der Waals surface area contributed by atoms with Crippen molar-refractivity contribution in [2.24, 2.45) is 10.8 Å². The number of halogens is 2. The van der Waals surface area contributed by atoms with Crippen LogP contribution in [-0.4, -0.2) is 18.8 Å². The highest BCUT2D eigenvalue weighted by atomic mass is 32.2. The number of nitrogens with one attached hydrogen (secondary N) is 1. The lowest BCUT2D eigenvalue weighted by Crippen LogP contribution is -2.08. The maximum absolute atomic E-state index is 13.4. The summed E-state index contributed by atoms with van der Waals surface area (Å²) in [6.45, 7) is 5.77. The molecule has 8 nitrogen and oxygen atoms in total. The fraction of sp³-hybridized carbons (Fsp3) is 0.143. The maximum Gasteiger partial charge on any atom is 0.219 e. The molecule has 2 aromatic rings. The number of aromatic nitrogens is 1. The average molecular weight is 461 g/mol. The molecule has 0 bridgehead atoms. The maximum atomic E-state index is 13.4. The molecule has 4 N–H and O–H groups in total. The molecule has 0 radical (unpaired) electrons. The lowest BCUT2D eigenvalue weighted by Gasteiger charge is -2.09. The number of nitriles is 1. The van der Waals surface area contributed by atoms with Crippen LogP contribution in [-0.2, 0) is 11.1 Å². The van der Waals surface area contributed by atoms with Gasteiger partial charge in [-0.1, -0.05) is 19.9 Å². The molecule has 1 atom stereocenters. The smallest absolute Gasteiger partial charge is 0.219 e. The average Bonchev–Trinajstić information content (AvgIpc) is 3.04. The van der Waals surface area contributed by atoms with Crippen molar-refractivity contribution in [2.45, 2.75) is 20.8 Å². The van der Waals surface area contributed by atoms with Crippen LogP contribution >= 0.6 is 0 Å². The Labute approximate surface area is 186 Å². The third-order valence-electron chi connectivity index (χ3n) is 3.44. The van der Waals surface area contributed by atoms with E-state index in [9.17, 15) is 13.0 Å². The number of allylic oxidation sites excluding steroid dienone is 2. The minimum absolute atomic E-state index is 0.0726. The summed E-state index contributed by atoms with van der Waals surface area (Å²) in [5.74, 6) is 3.31. The van der Waals surface area contributed by atoms with E-state index in [1.54, 1.807) is 13.0 Å². The predicted molar refractivity (Wildman–Crippen MR) is 119 cm³/mol. The number of aliphatic imine (C=N–C) groups is 1. The van der Waals surface area contributed by atoms with Crippen LogP contribution in [0.5, 0.6) is 11.6 Å². The Kier molecular flexibility index (Phi) is 11.2. The molecule has 1 aliphatic heterocycles. The summed E-state index contributed by atoms with van der Waals surface area (Å²) in [6, 6.07) is 6.78. The summed E-state index contributed by atoms with van der Waals surface area (Å²) < 4.78 is 51.0. The minimum Gasteiger partial charge on any atom is -0.433 e. The number of para-hydroxylation sites is 1. The van der Waals surface area contributed by atoms with Gasteiger partial charge in [0.15, 0.2) is 16.7 Å². The molecule has 0 spiro atoms. The third kappa shape index (κ3) is 7.86. The second-order valence-electron chi connectivity index (χ2n) is 5.48. The van der Waals surface area contributed by atoms with E-state index in [-0.39, 0.29) is 16.6 Å². The number of benzene rings is 1. The Bertz CT molecular complexity index is 1120. The van der Waals surface area contributed by atoms with Gasteiger partial charge in [-0.15, -0.1) is 5.73 Å². The van der Waals surface area contributed by atoms with Gasteiger partial charge in [-0.2, -0.15) is 5.26 Å². The lowest BCUT2D eigenvalue weighted by atomic mass is 10.2. The van der Waals surface area contributed by atoms with Gasteiger partial charge in [-0.3, -0.25) is 5.84 Å². The van der Waals surface area contributed by atoms with Crippen LogP contribution in [0.3, 0.4) is 0 Å². The van der Waals surface area contributed by atoms with Crippen LogP contribution in [0.25, 0.3) is 0 Å². The van der Waals surface area contributed by atoms with Crippen LogP contribution in [0.1, 0.15) is 19.4 Å². The molecule has 2 heterocycles. The number of anilines is 1. The van der Waals surface area contributed by atoms with Gasteiger partial charge in [0, 0.05) is 12.1 Å². The van der Waals surface area contributed by atoms with Gasteiger partial charge in [0.1, 0.15) is 11.8 Å². The SMILES string of the molecule is CC.Cc1cc(Oc2c(F)cccc2F)ncc1NN.N#CC1=CC=C=CC(S(=O)O)=N1. The topological polar surface area (TPSA) is 134 Å². The van der Waals surface area contributed by atoms with Gasteiger partial charge >= 0.3 is 0 Å². The van der Waals surface area contributed by atoms with Gasteiger partial charge in [0.05, 0.1) is 11.9 Å². The Balaban J connectivity index is 0.000000318. The molecule has 11 heteroatoms. The van der Waals surface area contributed by atoms with Crippen LogP contribution in [0.4, 0.5) is 14.5 Å². The molecule has 1 unspecified atom stereocenters. The Morgan fingerprint density at radius 1 is 1.31 bits per heavy atom. The van der Waals surface area contributed by atoms with Crippen LogP contribution in [0.2, 0.25) is 0 Å². The second-order valence-corrected chi connectivity index (χ2v) is 6.39. The first-order valence-corrected chi connectivity index (χ1v) is 10.2. The van der Waals surface area contributed by atoms with Crippen molar-refractivity contribution in [1.29, 1.82) is 5.26 Å². The van der Waals surface area contributed by atoms with E-state index in [2.05, 4.69) is 21.1 Å². The van der Waals surface area contributed by atoms with Crippen molar-refractivity contribution in [3.8, 4) is 17.7 Å². The number of ether oxygens (including phenoxy) is 1. The highest BCUT2D eigenvalue weighted by Crippen LogP contribution is 2.27. The quantitative estimate of drug-likeness (QED) is 0.265. The number of aryl methyl sites for hydroxylation is 1. The lowest BCUT2D eigenvalue weighted by molar-refractivity contribution is 0.395. The van der Waals surface area contributed by atoms with E-state index in [1.165, 1.54) is 36.6 Å². The Morgan fingerprint density at radius 3 is 2.50 bits per heavy atom. The summed E-state index contributed by atoms with van der Waals surface area (Å²) in [6.07, 6.45) is 5.55.